The molecule has 0 spiro atoms. The molecule has 4 rings (SSSR count). The third-order valence-corrected chi connectivity index (χ3v) is 4.58. The molecule has 0 unspecified atom stereocenters. The first-order chi connectivity index (χ1) is 13.1. The lowest BCUT2D eigenvalue weighted by molar-refractivity contribution is -0.114. The van der Waals surface area contributed by atoms with Crippen LogP contribution in [0.25, 0.3) is 6.08 Å². The summed E-state index contributed by atoms with van der Waals surface area (Å²) in [5.41, 5.74) is 3.32. The minimum absolute atomic E-state index is 0.00267. The van der Waals surface area contributed by atoms with E-state index in [1.54, 1.807) is 42.5 Å². The number of amides is 1. The molecule has 0 radical (unpaired) electrons. The van der Waals surface area contributed by atoms with Crippen LogP contribution in [0.3, 0.4) is 0 Å². The fourth-order valence-corrected chi connectivity index (χ4v) is 3.12. The van der Waals surface area contributed by atoms with Crippen molar-refractivity contribution in [3.63, 3.8) is 0 Å². The fraction of sp³-hybridized carbons (Fsp3) is 0.0526. The van der Waals surface area contributed by atoms with Crippen molar-refractivity contribution in [2.45, 2.75) is 6.61 Å². The number of fused-ring (bicyclic) bond motifs is 1. The summed E-state index contributed by atoms with van der Waals surface area (Å²) in [6.07, 6.45) is 1.60. The third kappa shape index (κ3) is 3.65. The van der Waals surface area contributed by atoms with E-state index < -0.39 is 5.91 Å². The smallest absolute Gasteiger partial charge is 0.283 e. The van der Waals surface area contributed by atoms with E-state index in [1.165, 1.54) is 34.5 Å². The first-order valence-electron chi connectivity index (χ1n) is 8.00. The van der Waals surface area contributed by atoms with E-state index in [0.717, 1.165) is 11.1 Å². The molecule has 0 fully saturated rings. The number of hydrazone groups is 1. The number of hydrogen-bond donors (Lipinski definition) is 1. The lowest BCUT2D eigenvalue weighted by Gasteiger charge is -2.20. The molecule has 2 aromatic carbocycles. The quantitative estimate of drug-likeness (QED) is 0.821. The minimum atomic E-state index is -0.458. The lowest BCUT2D eigenvalue weighted by Crippen LogP contribution is -2.35. The standard InChI is InChI=1S/C19H13FN4O2S/c20-14-5-1-13(2-6-14)10-26-15-7-3-12(4-8-15)9-16-17(21)24-19(23-18(16)25)27-11-22-24/h1-9,11,21H,10H2. The van der Waals surface area contributed by atoms with Crippen LogP contribution in [0, 0.1) is 11.2 Å². The Bertz CT molecular complexity index is 997. The highest BCUT2D eigenvalue weighted by Crippen LogP contribution is 2.25. The number of nitrogens with one attached hydrogen (secondary N) is 1. The first kappa shape index (κ1) is 17.2. The predicted octanol–water partition coefficient (Wildman–Crippen LogP) is 3.65. The van der Waals surface area contributed by atoms with Gasteiger partial charge in [-0.25, -0.2) is 4.39 Å². The highest BCUT2D eigenvalue weighted by Gasteiger charge is 2.32. The van der Waals surface area contributed by atoms with E-state index in [9.17, 15) is 9.18 Å². The molecule has 2 aliphatic rings. The zero-order valence-corrected chi connectivity index (χ0v) is 14.7. The van der Waals surface area contributed by atoms with Crippen LogP contribution in [-0.4, -0.2) is 27.5 Å². The molecule has 2 aromatic rings. The summed E-state index contributed by atoms with van der Waals surface area (Å²) in [4.78, 5) is 16.1. The number of carbonyl (C=O) groups excluding carboxylic acids is 1. The average molecular weight is 380 g/mol. The molecular weight excluding hydrogens is 367 g/mol. The van der Waals surface area contributed by atoms with Crippen molar-refractivity contribution in [2.24, 2.45) is 10.1 Å². The largest absolute Gasteiger partial charge is 0.489 e. The number of nitrogens with zero attached hydrogens (tertiary/aromatic N) is 3. The van der Waals surface area contributed by atoms with Gasteiger partial charge < -0.3 is 4.74 Å². The molecule has 0 saturated carbocycles. The molecule has 6 nitrogen and oxygen atoms in total. The van der Waals surface area contributed by atoms with Crippen molar-refractivity contribution in [1.29, 1.82) is 5.41 Å². The van der Waals surface area contributed by atoms with Gasteiger partial charge in [0.2, 0.25) is 0 Å². The number of amidine groups is 2. The van der Waals surface area contributed by atoms with Gasteiger partial charge in [0, 0.05) is 0 Å². The molecule has 0 aliphatic carbocycles. The Balaban J connectivity index is 1.46. The molecular formula is C19H13FN4O2S. The topological polar surface area (TPSA) is 78.1 Å². The Morgan fingerprint density at radius 1 is 1.15 bits per heavy atom. The SMILES string of the molecule is N=C1C(=Cc2ccc(OCc3ccc(F)cc3)cc2)C(=O)N=C2SC=NN12. The van der Waals surface area contributed by atoms with Crippen LogP contribution in [0.4, 0.5) is 4.39 Å². The zero-order valence-electron chi connectivity index (χ0n) is 13.9. The van der Waals surface area contributed by atoms with Gasteiger partial charge in [-0.2, -0.15) is 15.1 Å². The van der Waals surface area contributed by atoms with Crippen LogP contribution in [0.2, 0.25) is 0 Å². The average Bonchev–Trinajstić information content (AvgIpc) is 3.14. The van der Waals surface area contributed by atoms with Crippen LogP contribution < -0.4 is 4.74 Å². The fourth-order valence-electron chi connectivity index (χ4n) is 2.51. The molecule has 0 saturated heterocycles. The van der Waals surface area contributed by atoms with Gasteiger partial charge in [-0.15, -0.1) is 0 Å². The Morgan fingerprint density at radius 3 is 2.63 bits per heavy atom. The van der Waals surface area contributed by atoms with Crippen LogP contribution in [0.1, 0.15) is 11.1 Å². The van der Waals surface area contributed by atoms with Crippen molar-refractivity contribution < 1.29 is 13.9 Å². The highest BCUT2D eigenvalue weighted by atomic mass is 32.2. The Hall–Kier alpha value is -3.26. The number of benzene rings is 2. The van der Waals surface area contributed by atoms with E-state index >= 15 is 0 Å². The number of ether oxygens (including phenoxy) is 1. The molecule has 2 aliphatic heterocycles. The summed E-state index contributed by atoms with van der Waals surface area (Å²) in [6.45, 7) is 0.325. The molecule has 27 heavy (non-hydrogen) atoms. The van der Waals surface area contributed by atoms with Crippen LogP contribution in [-0.2, 0) is 11.4 Å². The summed E-state index contributed by atoms with van der Waals surface area (Å²) < 4.78 is 18.6. The van der Waals surface area contributed by atoms with Gasteiger partial charge in [-0.05, 0) is 53.2 Å². The summed E-state index contributed by atoms with van der Waals surface area (Å²) in [7, 11) is 0. The highest BCUT2D eigenvalue weighted by molar-refractivity contribution is 8.25. The van der Waals surface area contributed by atoms with E-state index in [-0.39, 0.29) is 17.2 Å². The molecule has 2 heterocycles. The van der Waals surface area contributed by atoms with E-state index in [2.05, 4.69) is 10.1 Å². The summed E-state index contributed by atoms with van der Waals surface area (Å²) in [6, 6.07) is 13.2. The number of hydrogen-bond acceptors (Lipinski definition) is 5. The van der Waals surface area contributed by atoms with Crippen molar-refractivity contribution in [2.75, 3.05) is 0 Å². The van der Waals surface area contributed by atoms with E-state index in [1.807, 2.05) is 0 Å². The van der Waals surface area contributed by atoms with Gasteiger partial charge in [0.25, 0.3) is 5.91 Å². The van der Waals surface area contributed by atoms with Crippen LogP contribution in [0.5, 0.6) is 5.75 Å². The number of thioether (sulfide) groups is 1. The maximum Gasteiger partial charge on any atom is 0.283 e. The van der Waals surface area contributed by atoms with Crippen LogP contribution >= 0.6 is 11.8 Å². The molecule has 1 amide bonds. The Kier molecular flexibility index (Phi) is 4.55. The van der Waals surface area contributed by atoms with E-state index in [4.69, 9.17) is 10.1 Å². The van der Waals surface area contributed by atoms with Gasteiger partial charge in [0.15, 0.2) is 11.0 Å². The second-order valence-electron chi connectivity index (χ2n) is 5.74. The molecule has 0 bridgehead atoms. The number of halogens is 1. The monoisotopic (exact) mass is 380 g/mol. The Morgan fingerprint density at radius 2 is 1.89 bits per heavy atom. The summed E-state index contributed by atoms with van der Waals surface area (Å²) in [5.74, 6) is -0.0928. The molecule has 0 atom stereocenters. The first-order valence-corrected chi connectivity index (χ1v) is 8.88. The molecule has 1 N–H and O–H groups in total. The predicted molar refractivity (Wildman–Crippen MR) is 103 cm³/mol. The minimum Gasteiger partial charge on any atom is -0.489 e. The van der Waals surface area contributed by atoms with Crippen molar-refractivity contribution in [3.8, 4) is 5.75 Å². The second kappa shape index (κ2) is 7.16. The van der Waals surface area contributed by atoms with Gasteiger partial charge in [0.05, 0.1) is 11.1 Å². The molecule has 0 aromatic heterocycles. The number of aliphatic imine (C=N–C) groups is 1. The molecule has 8 heteroatoms. The Labute approximate surface area is 158 Å². The third-order valence-electron chi connectivity index (χ3n) is 3.91. The maximum absolute atomic E-state index is 12.9. The van der Waals surface area contributed by atoms with Crippen molar-refractivity contribution >= 4 is 40.3 Å². The van der Waals surface area contributed by atoms with Gasteiger partial charge in [-0.1, -0.05) is 24.3 Å². The number of carbonyl (C=O) groups is 1. The zero-order chi connectivity index (χ0) is 18.8. The summed E-state index contributed by atoms with van der Waals surface area (Å²) in [5, 5.41) is 13.9. The van der Waals surface area contributed by atoms with Gasteiger partial charge in [0.1, 0.15) is 18.2 Å². The van der Waals surface area contributed by atoms with Crippen molar-refractivity contribution in [1.82, 2.24) is 5.01 Å². The normalized spacial score (nSPS) is 17.3. The van der Waals surface area contributed by atoms with Gasteiger partial charge >= 0.3 is 0 Å². The van der Waals surface area contributed by atoms with E-state index in [0.29, 0.717) is 17.5 Å². The van der Waals surface area contributed by atoms with Gasteiger partial charge in [-0.3, -0.25) is 10.2 Å². The molecule has 134 valence electrons. The maximum atomic E-state index is 12.9. The summed E-state index contributed by atoms with van der Waals surface area (Å²) >= 11 is 1.21. The van der Waals surface area contributed by atoms with Crippen LogP contribution in [0.15, 0.2) is 64.2 Å². The van der Waals surface area contributed by atoms with Crippen molar-refractivity contribution in [3.05, 3.63) is 71.0 Å². The number of rotatable bonds is 4. The second-order valence-corrected chi connectivity index (χ2v) is 6.55. The lowest BCUT2D eigenvalue weighted by atomic mass is 10.1.